The van der Waals surface area contributed by atoms with Crippen LogP contribution in [-0.4, -0.2) is 40.7 Å². The summed E-state index contributed by atoms with van der Waals surface area (Å²) < 4.78 is 5.92. The molecule has 0 spiro atoms. The van der Waals surface area contributed by atoms with Gasteiger partial charge in [-0.2, -0.15) is 0 Å². The lowest BCUT2D eigenvalue weighted by molar-refractivity contribution is -0.126. The molecule has 2 aliphatic heterocycles. The van der Waals surface area contributed by atoms with Crippen molar-refractivity contribution in [3.05, 3.63) is 83.4 Å². The number of hydrogen-bond donors (Lipinski definition) is 1. The molecule has 31 heavy (non-hydrogen) atoms. The lowest BCUT2D eigenvalue weighted by Crippen LogP contribution is -2.46. The Morgan fingerprint density at radius 3 is 2.10 bits per heavy atom. The smallest absolute Gasteiger partial charge is 0.274 e. The molecule has 0 saturated heterocycles. The predicted molar refractivity (Wildman–Crippen MR) is 113 cm³/mol. The van der Waals surface area contributed by atoms with E-state index in [1.807, 2.05) is 18.2 Å². The highest BCUT2D eigenvalue weighted by Crippen LogP contribution is 2.38. The van der Waals surface area contributed by atoms with Crippen LogP contribution in [-0.2, 0) is 4.79 Å². The summed E-state index contributed by atoms with van der Waals surface area (Å²) in [5, 5.41) is 0. The molecule has 2 aromatic carbocycles. The zero-order chi connectivity index (χ0) is 21.5. The largest absolute Gasteiger partial charge is 0.472 e. The van der Waals surface area contributed by atoms with Gasteiger partial charge in [0.25, 0.3) is 17.7 Å². The minimum Gasteiger partial charge on any atom is -0.472 e. The third-order valence-electron chi connectivity index (χ3n) is 5.38. The number of nitrogens with two attached hydrogens (primary N) is 1. The second-order valence-electron chi connectivity index (χ2n) is 7.26. The average molecular weight is 414 g/mol. The molecule has 3 amide bonds. The molecule has 2 aliphatic rings. The monoisotopic (exact) mass is 414 g/mol. The maximum Gasteiger partial charge on any atom is 0.274 e. The maximum absolute atomic E-state index is 13.3. The number of ether oxygens (including phenoxy) is 1. The van der Waals surface area contributed by atoms with Gasteiger partial charge in [0.1, 0.15) is 5.82 Å². The molecule has 1 unspecified atom stereocenters. The van der Waals surface area contributed by atoms with E-state index >= 15 is 0 Å². The van der Waals surface area contributed by atoms with Gasteiger partial charge in [-0.1, -0.05) is 42.5 Å². The summed E-state index contributed by atoms with van der Waals surface area (Å²) in [6.45, 7) is 0.0932. The predicted octanol–water partition coefficient (Wildman–Crippen LogP) is 2.43. The highest BCUT2D eigenvalue weighted by Gasteiger charge is 2.39. The first-order valence-electron chi connectivity index (χ1n) is 9.79. The fourth-order valence-corrected chi connectivity index (χ4v) is 3.86. The molecule has 3 aromatic rings. The number of carbonyl (C=O) groups is 3. The van der Waals surface area contributed by atoms with E-state index < -0.39 is 6.10 Å². The SMILES string of the molecule is Nc1ccc2c(n1)N(CCN1C(=O)c3ccccc3C1=O)C(=O)C(c1ccccc1)O2. The summed E-state index contributed by atoms with van der Waals surface area (Å²) in [6.07, 6.45) is -0.860. The number of rotatable bonds is 4. The van der Waals surface area contributed by atoms with Crippen LogP contribution < -0.4 is 15.4 Å². The van der Waals surface area contributed by atoms with Crippen LogP contribution in [0.2, 0.25) is 0 Å². The number of pyridine rings is 1. The second kappa shape index (κ2) is 7.24. The number of aromatic nitrogens is 1. The zero-order valence-corrected chi connectivity index (χ0v) is 16.4. The van der Waals surface area contributed by atoms with Gasteiger partial charge in [-0.05, 0) is 24.3 Å². The van der Waals surface area contributed by atoms with Crippen LogP contribution in [0.5, 0.6) is 5.75 Å². The Hall–Kier alpha value is -4.20. The summed E-state index contributed by atoms with van der Waals surface area (Å²) >= 11 is 0. The highest BCUT2D eigenvalue weighted by atomic mass is 16.5. The summed E-state index contributed by atoms with van der Waals surface area (Å²) in [6, 6.07) is 19.1. The number of carbonyl (C=O) groups excluding carboxylic acids is 3. The van der Waals surface area contributed by atoms with Gasteiger partial charge in [0.15, 0.2) is 11.6 Å². The Bertz CT molecular complexity index is 1180. The van der Waals surface area contributed by atoms with Crippen molar-refractivity contribution in [1.29, 1.82) is 0 Å². The van der Waals surface area contributed by atoms with E-state index in [0.717, 1.165) is 4.90 Å². The average Bonchev–Trinajstić information content (AvgIpc) is 3.04. The Kier molecular flexibility index (Phi) is 4.39. The van der Waals surface area contributed by atoms with Crippen LogP contribution in [0, 0.1) is 0 Å². The molecule has 0 saturated carbocycles. The van der Waals surface area contributed by atoms with Crippen LogP contribution >= 0.6 is 0 Å². The lowest BCUT2D eigenvalue weighted by atomic mass is 10.1. The van der Waals surface area contributed by atoms with Crippen molar-refractivity contribution in [2.75, 3.05) is 23.7 Å². The Morgan fingerprint density at radius 1 is 0.806 bits per heavy atom. The Balaban J connectivity index is 1.45. The summed E-state index contributed by atoms with van der Waals surface area (Å²) in [5.74, 6) is -0.172. The number of imide groups is 1. The number of nitrogen functional groups attached to an aromatic ring is 1. The molecule has 154 valence electrons. The van der Waals surface area contributed by atoms with Crippen LogP contribution in [0.1, 0.15) is 32.4 Å². The van der Waals surface area contributed by atoms with E-state index in [1.165, 1.54) is 4.90 Å². The maximum atomic E-state index is 13.3. The molecule has 8 heteroatoms. The normalized spacial score (nSPS) is 17.4. The molecular formula is C23H18N4O4. The Labute approximate surface area is 177 Å². The molecule has 0 radical (unpaired) electrons. The molecule has 0 fully saturated rings. The van der Waals surface area contributed by atoms with Crippen molar-refractivity contribution in [2.24, 2.45) is 0 Å². The minimum atomic E-state index is -0.860. The quantitative estimate of drug-likeness (QED) is 0.658. The second-order valence-corrected chi connectivity index (χ2v) is 7.26. The number of hydrogen-bond acceptors (Lipinski definition) is 6. The van der Waals surface area contributed by atoms with Gasteiger partial charge in [-0.25, -0.2) is 4.98 Å². The first-order valence-corrected chi connectivity index (χ1v) is 9.79. The van der Waals surface area contributed by atoms with E-state index in [0.29, 0.717) is 22.4 Å². The fraction of sp³-hybridized carbons (Fsp3) is 0.130. The molecule has 3 heterocycles. The molecule has 1 atom stereocenters. The summed E-state index contributed by atoms with van der Waals surface area (Å²) in [5.41, 5.74) is 7.26. The van der Waals surface area contributed by atoms with Crippen molar-refractivity contribution in [3.8, 4) is 5.75 Å². The molecule has 5 rings (SSSR count). The number of benzene rings is 2. The van der Waals surface area contributed by atoms with Crippen LogP contribution in [0.3, 0.4) is 0 Å². The van der Waals surface area contributed by atoms with Gasteiger partial charge < -0.3 is 10.5 Å². The third-order valence-corrected chi connectivity index (χ3v) is 5.38. The van der Waals surface area contributed by atoms with Crippen molar-refractivity contribution < 1.29 is 19.1 Å². The van der Waals surface area contributed by atoms with E-state index in [9.17, 15) is 14.4 Å². The molecule has 0 bridgehead atoms. The molecule has 1 aromatic heterocycles. The van der Waals surface area contributed by atoms with Gasteiger partial charge in [0.2, 0.25) is 6.10 Å². The Morgan fingerprint density at radius 2 is 1.42 bits per heavy atom. The van der Waals surface area contributed by atoms with Crippen molar-refractivity contribution >= 4 is 29.4 Å². The van der Waals surface area contributed by atoms with E-state index in [1.54, 1.807) is 48.5 Å². The number of amides is 3. The van der Waals surface area contributed by atoms with Crippen molar-refractivity contribution in [1.82, 2.24) is 9.88 Å². The number of anilines is 2. The molecule has 2 N–H and O–H groups in total. The van der Waals surface area contributed by atoms with Gasteiger partial charge in [0, 0.05) is 18.7 Å². The van der Waals surface area contributed by atoms with Crippen molar-refractivity contribution in [2.45, 2.75) is 6.10 Å². The molecule has 0 aliphatic carbocycles. The lowest BCUT2D eigenvalue weighted by Gasteiger charge is -2.34. The van der Waals surface area contributed by atoms with E-state index in [2.05, 4.69) is 4.98 Å². The van der Waals surface area contributed by atoms with Gasteiger partial charge in [0.05, 0.1) is 11.1 Å². The van der Waals surface area contributed by atoms with Crippen LogP contribution in [0.4, 0.5) is 11.6 Å². The zero-order valence-electron chi connectivity index (χ0n) is 16.4. The van der Waals surface area contributed by atoms with Crippen LogP contribution in [0.25, 0.3) is 0 Å². The standard InChI is InChI=1S/C23H18N4O4/c24-18-11-10-17-20(25-18)26(23(30)19(31-17)14-6-2-1-3-7-14)12-13-27-21(28)15-8-4-5-9-16(15)22(27)29/h1-11,19H,12-13H2,(H2,24,25). The topological polar surface area (TPSA) is 106 Å². The van der Waals surface area contributed by atoms with Crippen LogP contribution in [0.15, 0.2) is 66.7 Å². The van der Waals surface area contributed by atoms with Gasteiger partial charge in [-0.3, -0.25) is 24.2 Å². The molecular weight excluding hydrogens is 396 g/mol. The number of nitrogens with zero attached hydrogens (tertiary/aromatic N) is 3. The highest BCUT2D eigenvalue weighted by molar-refractivity contribution is 6.21. The number of fused-ring (bicyclic) bond motifs is 2. The summed E-state index contributed by atoms with van der Waals surface area (Å²) in [7, 11) is 0. The first kappa shape index (κ1) is 18.8. The first-order chi connectivity index (χ1) is 15.0. The minimum absolute atomic E-state index is 0.0233. The van der Waals surface area contributed by atoms with E-state index in [4.69, 9.17) is 10.5 Å². The van der Waals surface area contributed by atoms with Gasteiger partial charge in [-0.15, -0.1) is 0 Å². The van der Waals surface area contributed by atoms with Gasteiger partial charge >= 0.3 is 0 Å². The summed E-state index contributed by atoms with van der Waals surface area (Å²) in [4.78, 5) is 45.5. The third kappa shape index (κ3) is 3.09. The molecule has 8 nitrogen and oxygen atoms in total. The fourth-order valence-electron chi connectivity index (χ4n) is 3.86. The van der Waals surface area contributed by atoms with E-state index in [-0.39, 0.29) is 42.4 Å². The van der Waals surface area contributed by atoms with Crippen molar-refractivity contribution in [3.63, 3.8) is 0 Å².